The monoisotopic (exact) mass is 262 g/mol. The summed E-state index contributed by atoms with van der Waals surface area (Å²) in [6.45, 7) is 7.34. The topological polar surface area (TPSA) is 33.3 Å². The van der Waals surface area contributed by atoms with Crippen LogP contribution in [-0.4, -0.2) is 27.2 Å². The van der Waals surface area contributed by atoms with Crippen molar-refractivity contribution in [2.24, 2.45) is 5.41 Å². The second-order valence-electron chi connectivity index (χ2n) is 5.91. The Morgan fingerprint density at radius 1 is 1.21 bits per heavy atom. The summed E-state index contributed by atoms with van der Waals surface area (Å²) in [6, 6.07) is 4.39. The van der Waals surface area contributed by atoms with Gasteiger partial charge in [0.2, 0.25) is 0 Å². The lowest BCUT2D eigenvalue weighted by molar-refractivity contribution is 0.398. The molecule has 1 aliphatic carbocycles. The molecule has 0 saturated heterocycles. The number of aryl methyl sites for hydroxylation is 2. The van der Waals surface area contributed by atoms with Crippen LogP contribution in [0.4, 0.5) is 0 Å². The van der Waals surface area contributed by atoms with Crippen molar-refractivity contribution in [3.05, 3.63) is 28.8 Å². The van der Waals surface area contributed by atoms with E-state index in [9.17, 15) is 0 Å². The Morgan fingerprint density at radius 3 is 2.53 bits per heavy atom. The van der Waals surface area contributed by atoms with Crippen molar-refractivity contribution in [3.63, 3.8) is 0 Å². The van der Waals surface area contributed by atoms with E-state index in [-0.39, 0.29) is 0 Å². The molecule has 1 saturated carbocycles. The number of ether oxygens (including phenoxy) is 1. The highest BCUT2D eigenvalue weighted by molar-refractivity contribution is 5.43. The number of nitrogens with one attached hydrogen (secondary N) is 2. The summed E-state index contributed by atoms with van der Waals surface area (Å²) in [5.74, 6) is 1.02. The van der Waals surface area contributed by atoms with E-state index < -0.39 is 0 Å². The molecule has 0 heterocycles. The number of benzene rings is 1. The zero-order chi connectivity index (χ0) is 13.9. The number of methoxy groups -OCH3 is 1. The van der Waals surface area contributed by atoms with Gasteiger partial charge in [0.15, 0.2) is 0 Å². The molecule has 0 unspecified atom stereocenters. The summed E-state index contributed by atoms with van der Waals surface area (Å²) < 4.78 is 5.52. The van der Waals surface area contributed by atoms with Crippen molar-refractivity contribution < 1.29 is 4.74 Å². The lowest BCUT2D eigenvalue weighted by atomic mass is 10.0. The van der Waals surface area contributed by atoms with Crippen LogP contribution in [0.3, 0.4) is 0 Å². The third kappa shape index (κ3) is 3.48. The Morgan fingerprint density at radius 2 is 1.95 bits per heavy atom. The van der Waals surface area contributed by atoms with Crippen molar-refractivity contribution in [1.82, 2.24) is 10.6 Å². The van der Waals surface area contributed by atoms with Crippen molar-refractivity contribution in [2.45, 2.75) is 33.2 Å². The van der Waals surface area contributed by atoms with Gasteiger partial charge in [0.1, 0.15) is 5.75 Å². The predicted molar refractivity (Wildman–Crippen MR) is 79.8 cm³/mol. The highest BCUT2D eigenvalue weighted by Gasteiger charge is 2.41. The lowest BCUT2D eigenvalue weighted by Gasteiger charge is -2.17. The molecule has 0 spiro atoms. The molecule has 1 aromatic carbocycles. The Hall–Kier alpha value is -1.06. The fraction of sp³-hybridized carbons (Fsp3) is 0.625. The third-order valence-corrected chi connectivity index (χ3v) is 4.02. The molecular weight excluding hydrogens is 236 g/mol. The molecular formula is C16H26N2O. The van der Waals surface area contributed by atoms with E-state index in [2.05, 4.69) is 36.6 Å². The van der Waals surface area contributed by atoms with Gasteiger partial charge < -0.3 is 15.4 Å². The molecule has 0 radical (unpaired) electrons. The van der Waals surface area contributed by atoms with E-state index >= 15 is 0 Å². The molecule has 2 N–H and O–H groups in total. The second-order valence-corrected chi connectivity index (χ2v) is 5.91. The molecule has 2 rings (SSSR count). The first-order valence-electron chi connectivity index (χ1n) is 7.10. The maximum Gasteiger partial charge on any atom is 0.126 e. The van der Waals surface area contributed by atoms with Gasteiger partial charge in [-0.15, -0.1) is 0 Å². The molecule has 0 amide bonds. The molecule has 1 fully saturated rings. The summed E-state index contributed by atoms with van der Waals surface area (Å²) in [6.07, 6.45) is 2.68. The zero-order valence-corrected chi connectivity index (χ0v) is 12.6. The average molecular weight is 262 g/mol. The number of hydrogen-bond acceptors (Lipinski definition) is 3. The largest absolute Gasteiger partial charge is 0.496 e. The Kier molecular flexibility index (Phi) is 4.48. The quantitative estimate of drug-likeness (QED) is 0.791. The molecule has 0 atom stereocenters. The van der Waals surface area contributed by atoms with Crippen LogP contribution in [0.2, 0.25) is 0 Å². The van der Waals surface area contributed by atoms with Gasteiger partial charge in [0.25, 0.3) is 0 Å². The Balaban J connectivity index is 1.96. The van der Waals surface area contributed by atoms with Gasteiger partial charge in [0, 0.05) is 25.2 Å². The third-order valence-electron chi connectivity index (χ3n) is 4.02. The van der Waals surface area contributed by atoms with E-state index in [4.69, 9.17) is 4.74 Å². The number of hydrogen-bond donors (Lipinski definition) is 2. The minimum Gasteiger partial charge on any atom is -0.496 e. The molecule has 3 nitrogen and oxygen atoms in total. The predicted octanol–water partition coefficient (Wildman–Crippen LogP) is 2.40. The average Bonchev–Trinajstić information content (AvgIpc) is 3.09. The maximum atomic E-state index is 5.52. The molecule has 19 heavy (non-hydrogen) atoms. The zero-order valence-electron chi connectivity index (χ0n) is 12.6. The van der Waals surface area contributed by atoms with Crippen LogP contribution in [0.15, 0.2) is 12.1 Å². The normalized spacial score (nSPS) is 16.4. The van der Waals surface area contributed by atoms with Gasteiger partial charge in [0.05, 0.1) is 7.11 Å². The van der Waals surface area contributed by atoms with Crippen LogP contribution in [-0.2, 0) is 6.54 Å². The van der Waals surface area contributed by atoms with Gasteiger partial charge >= 0.3 is 0 Å². The van der Waals surface area contributed by atoms with E-state index in [1.165, 1.54) is 29.5 Å². The smallest absolute Gasteiger partial charge is 0.126 e. The maximum absolute atomic E-state index is 5.52. The summed E-state index contributed by atoms with van der Waals surface area (Å²) in [7, 11) is 3.79. The van der Waals surface area contributed by atoms with Crippen molar-refractivity contribution in [2.75, 3.05) is 27.2 Å². The molecule has 0 aliphatic heterocycles. The summed E-state index contributed by atoms with van der Waals surface area (Å²) >= 11 is 0. The van der Waals surface area contributed by atoms with Crippen LogP contribution < -0.4 is 15.4 Å². The molecule has 0 bridgehead atoms. The lowest BCUT2D eigenvalue weighted by Crippen LogP contribution is -2.31. The van der Waals surface area contributed by atoms with E-state index in [0.717, 1.165) is 25.4 Å². The highest BCUT2D eigenvalue weighted by Crippen LogP contribution is 2.44. The first kappa shape index (κ1) is 14.4. The molecule has 1 aromatic rings. The van der Waals surface area contributed by atoms with Crippen LogP contribution >= 0.6 is 0 Å². The van der Waals surface area contributed by atoms with E-state index in [0.29, 0.717) is 5.41 Å². The van der Waals surface area contributed by atoms with Gasteiger partial charge in [-0.25, -0.2) is 0 Å². The molecule has 0 aromatic heterocycles. The summed E-state index contributed by atoms with van der Waals surface area (Å²) in [5.41, 5.74) is 4.28. The molecule has 1 aliphatic rings. The molecule has 3 heteroatoms. The second kappa shape index (κ2) is 5.93. The fourth-order valence-electron chi connectivity index (χ4n) is 2.90. The number of rotatable bonds is 7. The first-order chi connectivity index (χ1) is 9.10. The van der Waals surface area contributed by atoms with Crippen molar-refractivity contribution in [3.8, 4) is 5.75 Å². The van der Waals surface area contributed by atoms with E-state index in [1.54, 1.807) is 7.11 Å². The Bertz CT molecular complexity index is 439. The van der Waals surface area contributed by atoms with Gasteiger partial charge in [-0.2, -0.15) is 0 Å². The highest BCUT2D eigenvalue weighted by atomic mass is 16.5. The van der Waals surface area contributed by atoms with Gasteiger partial charge in [-0.1, -0.05) is 17.7 Å². The SMILES string of the molecule is CNCC1(CNCc2cc(C)cc(C)c2OC)CC1. The minimum absolute atomic E-state index is 0.501. The van der Waals surface area contributed by atoms with Crippen LogP contribution in [0, 0.1) is 19.3 Å². The van der Waals surface area contributed by atoms with Gasteiger partial charge in [-0.05, 0) is 44.7 Å². The first-order valence-corrected chi connectivity index (χ1v) is 7.10. The standard InChI is InChI=1S/C16H26N2O/c1-12-7-13(2)15(19-4)14(8-12)9-18-11-16(5-6-16)10-17-3/h7-8,17-18H,5-6,9-11H2,1-4H3. The Labute approximate surface area is 116 Å². The van der Waals surface area contributed by atoms with Crippen molar-refractivity contribution in [1.29, 1.82) is 0 Å². The molecule has 106 valence electrons. The van der Waals surface area contributed by atoms with E-state index in [1.807, 2.05) is 7.05 Å². The van der Waals surface area contributed by atoms with Crippen LogP contribution in [0.25, 0.3) is 0 Å². The summed E-state index contributed by atoms with van der Waals surface area (Å²) in [4.78, 5) is 0. The van der Waals surface area contributed by atoms with Crippen LogP contribution in [0.5, 0.6) is 5.75 Å². The van der Waals surface area contributed by atoms with Crippen LogP contribution in [0.1, 0.15) is 29.5 Å². The minimum atomic E-state index is 0.501. The van der Waals surface area contributed by atoms with Gasteiger partial charge in [-0.3, -0.25) is 0 Å². The fourth-order valence-corrected chi connectivity index (χ4v) is 2.90. The summed E-state index contributed by atoms with van der Waals surface area (Å²) in [5, 5.41) is 6.89. The van der Waals surface area contributed by atoms with Crippen molar-refractivity contribution >= 4 is 0 Å².